The van der Waals surface area contributed by atoms with Gasteiger partial charge in [-0.3, -0.25) is 0 Å². The molecule has 2 aliphatic rings. The van der Waals surface area contributed by atoms with Gasteiger partial charge in [-0.05, 0) is 51.0 Å². The third-order valence-corrected chi connectivity index (χ3v) is 3.64. The van der Waals surface area contributed by atoms with Gasteiger partial charge in [-0.25, -0.2) is 0 Å². The second-order valence-electron chi connectivity index (χ2n) is 4.89. The van der Waals surface area contributed by atoms with Crippen molar-refractivity contribution < 1.29 is 0 Å². The highest BCUT2D eigenvalue weighted by Crippen LogP contribution is 2.53. The Bertz CT molecular complexity index is 200. The first-order valence-electron chi connectivity index (χ1n) is 5.41. The summed E-state index contributed by atoms with van der Waals surface area (Å²) in [7, 11) is 2.23. The summed E-state index contributed by atoms with van der Waals surface area (Å²) in [5.74, 6) is 3.07. The summed E-state index contributed by atoms with van der Waals surface area (Å²) in [6, 6.07) is 0. The minimum Gasteiger partial charge on any atom is -0.310 e. The van der Waals surface area contributed by atoms with Gasteiger partial charge in [0.05, 0.1) is 0 Å². The van der Waals surface area contributed by atoms with E-state index < -0.39 is 0 Å². The fourth-order valence-corrected chi connectivity index (χ4v) is 2.89. The lowest BCUT2D eigenvalue weighted by atomic mass is 10.1. The fourth-order valence-electron chi connectivity index (χ4n) is 2.89. The highest BCUT2D eigenvalue weighted by molar-refractivity contribution is 5.78. The molecule has 2 rings (SSSR count). The van der Waals surface area contributed by atoms with Crippen LogP contribution in [0, 0.1) is 23.2 Å². The van der Waals surface area contributed by atoms with Crippen LogP contribution in [0.5, 0.6) is 0 Å². The third kappa shape index (κ3) is 1.93. The van der Waals surface area contributed by atoms with Gasteiger partial charge in [0.25, 0.3) is 0 Å². The maximum absolute atomic E-state index is 7.34. The van der Waals surface area contributed by atoms with Crippen LogP contribution >= 0.6 is 0 Å². The molecule has 0 spiro atoms. The van der Waals surface area contributed by atoms with E-state index >= 15 is 0 Å². The van der Waals surface area contributed by atoms with E-state index in [4.69, 9.17) is 5.41 Å². The van der Waals surface area contributed by atoms with Gasteiger partial charge in [-0.2, -0.15) is 0 Å². The molecule has 1 aliphatic heterocycles. The van der Waals surface area contributed by atoms with Crippen LogP contribution in [0.25, 0.3) is 0 Å². The van der Waals surface area contributed by atoms with Crippen molar-refractivity contribution in [3.8, 4) is 0 Å². The lowest BCUT2D eigenvalue weighted by molar-refractivity contribution is 0.337. The Morgan fingerprint density at radius 1 is 1.38 bits per heavy atom. The minimum absolute atomic E-state index is 0.850. The Morgan fingerprint density at radius 3 is 2.54 bits per heavy atom. The molecule has 0 radical (unpaired) electrons. The highest BCUT2D eigenvalue weighted by Gasteiger charge is 2.53. The molecular weight excluding hydrogens is 160 g/mol. The SMILES string of the molecule is CC(=N)CCCC1C2CN(C)CC12. The van der Waals surface area contributed by atoms with E-state index in [1.807, 2.05) is 6.92 Å². The van der Waals surface area contributed by atoms with Gasteiger partial charge in [-0.1, -0.05) is 0 Å². The number of hydrogen-bond donors (Lipinski definition) is 1. The van der Waals surface area contributed by atoms with E-state index in [9.17, 15) is 0 Å². The van der Waals surface area contributed by atoms with Crippen molar-refractivity contribution in [1.82, 2.24) is 4.90 Å². The molecule has 0 bridgehead atoms. The van der Waals surface area contributed by atoms with Gasteiger partial charge in [0.2, 0.25) is 0 Å². The Labute approximate surface area is 80.8 Å². The molecule has 1 heterocycles. The molecule has 1 N–H and O–H groups in total. The van der Waals surface area contributed by atoms with Crippen LogP contribution in [-0.2, 0) is 0 Å². The van der Waals surface area contributed by atoms with Crippen LogP contribution in [0.15, 0.2) is 0 Å². The summed E-state index contributed by atoms with van der Waals surface area (Å²) in [5, 5.41) is 7.34. The molecule has 2 heteroatoms. The van der Waals surface area contributed by atoms with Gasteiger partial charge in [-0.15, -0.1) is 0 Å². The summed E-state index contributed by atoms with van der Waals surface area (Å²) in [6.07, 6.45) is 3.64. The van der Waals surface area contributed by atoms with Crippen LogP contribution in [0.2, 0.25) is 0 Å². The molecule has 2 nitrogen and oxygen atoms in total. The molecule has 1 saturated heterocycles. The lowest BCUT2D eigenvalue weighted by Gasteiger charge is -2.12. The van der Waals surface area contributed by atoms with Crippen molar-refractivity contribution in [3.63, 3.8) is 0 Å². The Balaban J connectivity index is 1.63. The van der Waals surface area contributed by atoms with E-state index in [1.54, 1.807) is 0 Å². The van der Waals surface area contributed by atoms with Crippen LogP contribution in [0.4, 0.5) is 0 Å². The van der Waals surface area contributed by atoms with Crippen LogP contribution in [0.1, 0.15) is 26.2 Å². The predicted octanol–water partition coefficient (Wildman–Crippen LogP) is 2.00. The quantitative estimate of drug-likeness (QED) is 0.658. The van der Waals surface area contributed by atoms with Gasteiger partial charge in [0.15, 0.2) is 0 Å². The summed E-state index contributed by atoms with van der Waals surface area (Å²) >= 11 is 0. The molecule has 2 atom stereocenters. The summed E-state index contributed by atoms with van der Waals surface area (Å²) in [5.41, 5.74) is 0.850. The van der Waals surface area contributed by atoms with Crippen molar-refractivity contribution in [2.75, 3.05) is 20.1 Å². The summed E-state index contributed by atoms with van der Waals surface area (Å²) < 4.78 is 0. The molecule has 2 unspecified atom stereocenters. The van der Waals surface area contributed by atoms with Crippen molar-refractivity contribution in [3.05, 3.63) is 0 Å². The van der Waals surface area contributed by atoms with Crippen LogP contribution in [-0.4, -0.2) is 30.7 Å². The number of likely N-dealkylation sites (tertiary alicyclic amines) is 1. The number of fused-ring (bicyclic) bond motifs is 1. The van der Waals surface area contributed by atoms with Gasteiger partial charge in [0, 0.05) is 18.8 Å². The monoisotopic (exact) mass is 180 g/mol. The smallest absolute Gasteiger partial charge is 0.00582 e. The highest BCUT2D eigenvalue weighted by atomic mass is 15.2. The normalized spacial score (nSPS) is 37.5. The standard InChI is InChI=1S/C11H20N2/c1-8(12)4-3-5-9-10-6-13(2)7-11(9)10/h9-12H,3-7H2,1-2H3. The number of nitrogens with zero attached hydrogens (tertiary/aromatic N) is 1. The van der Waals surface area contributed by atoms with E-state index in [0.29, 0.717) is 0 Å². The zero-order chi connectivity index (χ0) is 9.42. The number of rotatable bonds is 4. The zero-order valence-corrected chi connectivity index (χ0v) is 8.71. The topological polar surface area (TPSA) is 27.1 Å². The first-order chi connectivity index (χ1) is 6.18. The lowest BCUT2D eigenvalue weighted by Crippen LogP contribution is -2.18. The van der Waals surface area contributed by atoms with E-state index in [2.05, 4.69) is 11.9 Å². The van der Waals surface area contributed by atoms with Crippen molar-refractivity contribution in [2.24, 2.45) is 17.8 Å². The first kappa shape index (κ1) is 9.20. The largest absolute Gasteiger partial charge is 0.310 e. The second kappa shape index (κ2) is 3.41. The minimum atomic E-state index is 0.850. The van der Waals surface area contributed by atoms with Crippen molar-refractivity contribution in [1.29, 1.82) is 5.41 Å². The van der Waals surface area contributed by atoms with Crippen molar-refractivity contribution >= 4 is 5.71 Å². The number of nitrogens with one attached hydrogen (secondary N) is 1. The second-order valence-corrected chi connectivity index (χ2v) is 4.89. The molecule has 0 amide bonds. The molecule has 1 aliphatic carbocycles. The molecule has 1 saturated carbocycles. The molecule has 13 heavy (non-hydrogen) atoms. The molecule has 2 fully saturated rings. The first-order valence-corrected chi connectivity index (χ1v) is 5.41. The Kier molecular flexibility index (Phi) is 2.41. The Hall–Kier alpha value is -0.370. The molecule has 0 aromatic rings. The Morgan fingerprint density at radius 2 is 2.00 bits per heavy atom. The molecule has 0 aromatic heterocycles. The third-order valence-electron chi connectivity index (χ3n) is 3.64. The molecule has 74 valence electrons. The van der Waals surface area contributed by atoms with Gasteiger partial charge >= 0.3 is 0 Å². The van der Waals surface area contributed by atoms with Gasteiger partial charge in [0.1, 0.15) is 0 Å². The maximum Gasteiger partial charge on any atom is 0.00582 e. The van der Waals surface area contributed by atoms with E-state index in [1.165, 1.54) is 25.9 Å². The zero-order valence-electron chi connectivity index (χ0n) is 8.71. The van der Waals surface area contributed by atoms with Crippen LogP contribution in [0.3, 0.4) is 0 Å². The number of hydrogen-bond acceptors (Lipinski definition) is 2. The molecule has 0 aromatic carbocycles. The van der Waals surface area contributed by atoms with Crippen molar-refractivity contribution in [2.45, 2.75) is 26.2 Å². The fraction of sp³-hybridized carbons (Fsp3) is 0.909. The average molecular weight is 180 g/mol. The summed E-state index contributed by atoms with van der Waals surface area (Å²) in [6.45, 7) is 4.58. The number of piperidine rings is 1. The van der Waals surface area contributed by atoms with Crippen LogP contribution < -0.4 is 0 Å². The van der Waals surface area contributed by atoms with E-state index in [0.717, 1.165) is 29.9 Å². The predicted molar refractivity (Wildman–Crippen MR) is 55.2 cm³/mol. The average Bonchev–Trinajstić information content (AvgIpc) is 2.54. The molecular formula is C11H20N2. The van der Waals surface area contributed by atoms with Gasteiger partial charge < -0.3 is 10.3 Å². The maximum atomic E-state index is 7.34. The van der Waals surface area contributed by atoms with E-state index in [-0.39, 0.29) is 0 Å². The summed E-state index contributed by atoms with van der Waals surface area (Å²) in [4.78, 5) is 2.45.